The molecule has 0 aromatic carbocycles. The van der Waals surface area contributed by atoms with E-state index < -0.39 is 107 Å². The number of hydrogen-bond acceptors (Lipinski definition) is 28. The molecule has 16 atom stereocenters. The Kier molecular flexibility index (Phi) is 20.9. The summed E-state index contributed by atoms with van der Waals surface area (Å²) in [4.78, 5) is 53.3. The van der Waals surface area contributed by atoms with Gasteiger partial charge in [-0.3, -0.25) is 19.6 Å². The molecule has 4 fully saturated rings. The third-order valence-corrected chi connectivity index (χ3v) is 16.9. The van der Waals surface area contributed by atoms with Gasteiger partial charge in [0.1, 0.15) is 107 Å². The first kappa shape index (κ1) is 72.9. The van der Waals surface area contributed by atoms with Crippen LogP contribution >= 0.6 is 0 Å². The van der Waals surface area contributed by atoms with E-state index in [0.717, 1.165) is 0 Å². The van der Waals surface area contributed by atoms with Gasteiger partial charge in [-0.25, -0.2) is 19.9 Å². The molecule has 0 unspecified atom stereocenters. The van der Waals surface area contributed by atoms with Crippen LogP contribution in [-0.2, 0) is 37.9 Å². The van der Waals surface area contributed by atoms with E-state index >= 15 is 0 Å². The molecule has 34 heteroatoms. The summed E-state index contributed by atoms with van der Waals surface area (Å²) in [5.41, 5.74) is 16.8. The van der Waals surface area contributed by atoms with Crippen LogP contribution in [0.25, 0.3) is 44.1 Å². The lowest BCUT2D eigenvalue weighted by molar-refractivity contribution is -0.106. The van der Waals surface area contributed by atoms with E-state index in [2.05, 4.69) is 39.9 Å². The maximum absolute atomic E-state index is 12.0. The minimum Gasteiger partial charge on any atom is -0.387 e. The second-order valence-electron chi connectivity index (χ2n) is 27.7. The SMILES string of the molecule is CC(C)(C)OC[C@H]1O[C@@H](n2ccc3c(=O)[nH]c(N)nc32)[C@](C)(O)[C@@H]1O.CC(C)(C)OC[C@H]1O[C@@H](n2ccc3c(=O)[nH]c(N)nc32)[C@](C)(O)[C@@H]1O.CC(C)OC[C@H]1O[C@@H](n2ccc3c(N)ncnc32)[C@](C)(O)[C@@H]1O.CC(C)OC[C@H]1O[C@@H](n2ccc3c(N)ncnc32)[C@](C)(O)[C@@H]1O. The summed E-state index contributed by atoms with van der Waals surface area (Å²) in [6.45, 7) is 25.6. The number of hydrogen-bond donors (Lipinski definition) is 14. The van der Waals surface area contributed by atoms with Crippen molar-refractivity contribution in [2.75, 3.05) is 49.4 Å². The summed E-state index contributed by atoms with van der Waals surface area (Å²) in [5, 5.41) is 86.8. The second kappa shape index (κ2) is 27.5. The number of nitrogens with two attached hydrogens (primary N) is 4. The first-order valence-corrected chi connectivity index (χ1v) is 31.3. The van der Waals surface area contributed by atoms with Gasteiger partial charge in [0.05, 0.1) is 71.4 Å². The van der Waals surface area contributed by atoms with Crippen LogP contribution in [0.3, 0.4) is 0 Å². The predicted molar refractivity (Wildman–Crippen MR) is 349 cm³/mol. The Morgan fingerprint density at radius 1 is 0.469 bits per heavy atom. The zero-order valence-corrected chi connectivity index (χ0v) is 56.1. The fourth-order valence-electron chi connectivity index (χ4n) is 11.6. The quantitative estimate of drug-likeness (QED) is 0.0726. The zero-order valence-electron chi connectivity index (χ0n) is 56.1. The van der Waals surface area contributed by atoms with Gasteiger partial charge >= 0.3 is 0 Å². The Bertz CT molecular complexity index is 3850. The minimum atomic E-state index is -1.60. The number of anilines is 4. The van der Waals surface area contributed by atoms with Gasteiger partial charge in [0.2, 0.25) is 11.9 Å². The molecule has 8 aromatic rings. The van der Waals surface area contributed by atoms with Crippen molar-refractivity contribution in [3.8, 4) is 0 Å². The van der Waals surface area contributed by atoms with Crippen LogP contribution in [-0.4, -0.2) is 220 Å². The molecule has 528 valence electrons. The third kappa shape index (κ3) is 14.9. The van der Waals surface area contributed by atoms with Crippen molar-refractivity contribution in [2.45, 2.75) is 216 Å². The first-order chi connectivity index (χ1) is 44.6. The number of H-pyrrole nitrogens is 2. The standard InChI is InChI=1S/2C16H24N4O5.2C15H22N4O4/c2*1-15(2,3)24-7-9-10(21)16(4,23)13(25-9)20-6-5-8-11(20)18-14(17)19-12(8)22;2*1-8(2)22-6-10-11(20)15(3,21)14(23-10)19-5-4-9-12(16)17-7-18-13(9)19/h2*5-6,9-10,13,21,23H,7H2,1-4H3,(H3,17,18,19,22);2*4-5,7-8,10-11,14,20-21H,6H2,1-3H3,(H2,16,17,18)/t2*9-,10-,13-,16-;2*10-,11-,14-,15-/m1111/s1. The predicted octanol–water partition coefficient (Wildman–Crippen LogP) is 1.16. The van der Waals surface area contributed by atoms with E-state index in [1.165, 1.54) is 49.5 Å². The van der Waals surface area contributed by atoms with Gasteiger partial charge in [0.25, 0.3) is 11.1 Å². The Labute approximate surface area is 551 Å². The molecule has 0 spiro atoms. The molecule has 4 aliphatic rings. The van der Waals surface area contributed by atoms with Gasteiger partial charge in [-0.05, 0) is 121 Å². The summed E-state index contributed by atoms with van der Waals surface area (Å²) < 4.78 is 52.1. The normalized spacial score (nSPS) is 30.8. The molecule has 4 aliphatic heterocycles. The summed E-state index contributed by atoms with van der Waals surface area (Å²) in [6.07, 6.45) is -1.39. The van der Waals surface area contributed by atoms with Crippen LogP contribution in [0.5, 0.6) is 0 Å². The molecule has 0 amide bonds. The molecule has 12 rings (SSSR count). The summed E-state index contributed by atoms with van der Waals surface area (Å²) in [5.74, 6) is 0.629. The molecule has 8 aromatic heterocycles. The van der Waals surface area contributed by atoms with Crippen LogP contribution in [0.15, 0.2) is 71.3 Å². The average Bonchev–Trinajstić information content (AvgIpc) is 1.62. The van der Waals surface area contributed by atoms with Gasteiger partial charge in [-0.2, -0.15) is 9.97 Å². The molecule has 0 radical (unpaired) electrons. The number of aliphatic hydroxyl groups excluding tert-OH is 4. The fourth-order valence-corrected chi connectivity index (χ4v) is 11.6. The van der Waals surface area contributed by atoms with Crippen LogP contribution in [0.4, 0.5) is 23.5 Å². The summed E-state index contributed by atoms with van der Waals surface area (Å²) in [7, 11) is 0. The molecule has 0 bridgehead atoms. The highest BCUT2D eigenvalue weighted by Gasteiger charge is 2.57. The number of ether oxygens (including phenoxy) is 8. The Morgan fingerprint density at radius 2 is 0.740 bits per heavy atom. The van der Waals surface area contributed by atoms with Crippen molar-refractivity contribution in [1.29, 1.82) is 0 Å². The fraction of sp³-hybridized carbons (Fsp3) is 0.613. The molecule has 12 heterocycles. The van der Waals surface area contributed by atoms with E-state index in [9.17, 15) is 50.4 Å². The van der Waals surface area contributed by atoms with Crippen molar-refractivity contribution in [1.82, 2.24) is 58.1 Å². The number of nitrogens with one attached hydrogen (secondary N) is 2. The van der Waals surface area contributed by atoms with Gasteiger partial charge in [-0.15, -0.1) is 0 Å². The monoisotopic (exact) mass is 1350 g/mol. The highest BCUT2D eigenvalue weighted by Crippen LogP contribution is 2.44. The van der Waals surface area contributed by atoms with Gasteiger partial charge in [0.15, 0.2) is 36.2 Å². The van der Waals surface area contributed by atoms with Crippen LogP contribution in [0.2, 0.25) is 0 Å². The first-order valence-electron chi connectivity index (χ1n) is 31.3. The zero-order chi connectivity index (χ0) is 70.7. The van der Waals surface area contributed by atoms with E-state index in [0.29, 0.717) is 44.5 Å². The van der Waals surface area contributed by atoms with E-state index in [1.807, 2.05) is 69.2 Å². The molecule has 34 nitrogen and oxygen atoms in total. The van der Waals surface area contributed by atoms with E-state index in [-0.39, 0.29) is 72.9 Å². The smallest absolute Gasteiger partial charge is 0.261 e. The largest absolute Gasteiger partial charge is 0.387 e. The van der Waals surface area contributed by atoms with Crippen molar-refractivity contribution >= 4 is 67.7 Å². The Morgan fingerprint density at radius 3 is 1.02 bits per heavy atom. The maximum Gasteiger partial charge on any atom is 0.261 e. The van der Waals surface area contributed by atoms with Crippen molar-refractivity contribution in [2.24, 2.45) is 0 Å². The highest BCUT2D eigenvalue weighted by molar-refractivity contribution is 5.87. The minimum absolute atomic E-state index is 0.00902. The number of nitrogens with zero attached hydrogens (tertiary/aromatic N) is 10. The summed E-state index contributed by atoms with van der Waals surface area (Å²) in [6, 6.07) is 6.64. The Balaban J connectivity index is 0.000000150. The molecule has 96 heavy (non-hydrogen) atoms. The lowest BCUT2D eigenvalue weighted by Crippen LogP contribution is -2.45. The van der Waals surface area contributed by atoms with Gasteiger partial charge in [0, 0.05) is 24.8 Å². The number of nitrogen functional groups attached to an aromatic ring is 4. The molecule has 0 saturated carbocycles. The lowest BCUT2D eigenvalue weighted by Gasteiger charge is -2.27. The van der Waals surface area contributed by atoms with Crippen molar-refractivity contribution < 1.29 is 78.7 Å². The van der Waals surface area contributed by atoms with Crippen LogP contribution in [0.1, 0.15) is 122 Å². The second-order valence-corrected chi connectivity index (χ2v) is 27.7. The molecule has 4 saturated heterocycles. The molecular weight excluding hydrogens is 1260 g/mol. The maximum atomic E-state index is 12.0. The van der Waals surface area contributed by atoms with Crippen molar-refractivity contribution in [3.63, 3.8) is 0 Å². The Hall–Kier alpha value is -7.36. The molecule has 0 aliphatic carbocycles. The number of aliphatic hydroxyl groups is 8. The average molecular weight is 1350 g/mol. The topological polar surface area (TPSA) is 503 Å². The summed E-state index contributed by atoms with van der Waals surface area (Å²) >= 11 is 0. The number of fused-ring (bicyclic) bond motifs is 4. The van der Waals surface area contributed by atoms with Crippen LogP contribution in [0, 0.1) is 0 Å². The van der Waals surface area contributed by atoms with Gasteiger partial charge in [-0.1, -0.05) is 0 Å². The van der Waals surface area contributed by atoms with E-state index in [4.69, 9.17) is 60.8 Å². The molecule has 18 N–H and O–H groups in total. The van der Waals surface area contributed by atoms with Gasteiger partial charge < -0.3 is 120 Å². The van der Waals surface area contributed by atoms with Crippen molar-refractivity contribution in [3.05, 3.63) is 82.4 Å². The lowest BCUT2D eigenvalue weighted by atomic mass is 9.96. The number of rotatable bonds is 14. The highest BCUT2D eigenvalue weighted by atomic mass is 16.6. The number of aromatic amines is 2. The van der Waals surface area contributed by atoms with E-state index in [1.54, 1.807) is 58.2 Å². The molecular formula is C62H92N16O18. The van der Waals surface area contributed by atoms with Crippen LogP contribution < -0.4 is 34.1 Å². The number of aromatic nitrogens is 12. The third-order valence-electron chi connectivity index (χ3n) is 16.9.